The highest BCUT2D eigenvalue weighted by molar-refractivity contribution is 5.48. The van der Waals surface area contributed by atoms with Gasteiger partial charge in [0.25, 0.3) is 0 Å². The van der Waals surface area contributed by atoms with Crippen LogP contribution in [0.2, 0.25) is 0 Å². The summed E-state index contributed by atoms with van der Waals surface area (Å²) in [6, 6.07) is 6.25. The fourth-order valence-electron chi connectivity index (χ4n) is 2.39. The number of furan rings is 1. The van der Waals surface area contributed by atoms with Crippen LogP contribution in [0.25, 0.3) is 11.6 Å². The van der Waals surface area contributed by atoms with Crippen LogP contribution in [-0.2, 0) is 6.42 Å². The van der Waals surface area contributed by atoms with Gasteiger partial charge in [-0.25, -0.2) is 4.98 Å². The molecular formula is C15H18N4O. The maximum absolute atomic E-state index is 5.67. The van der Waals surface area contributed by atoms with E-state index >= 15 is 0 Å². The van der Waals surface area contributed by atoms with Gasteiger partial charge in [-0.1, -0.05) is 0 Å². The topological polar surface area (TPSA) is 59.6 Å². The van der Waals surface area contributed by atoms with Gasteiger partial charge < -0.3 is 8.98 Å². The monoisotopic (exact) mass is 270 g/mol. The zero-order chi connectivity index (χ0) is 14.1. The van der Waals surface area contributed by atoms with Gasteiger partial charge >= 0.3 is 0 Å². The Morgan fingerprint density at radius 3 is 2.85 bits per heavy atom. The summed E-state index contributed by atoms with van der Waals surface area (Å²) in [6.45, 7) is 6.10. The van der Waals surface area contributed by atoms with Crippen molar-refractivity contribution < 1.29 is 4.42 Å². The fourth-order valence-corrected chi connectivity index (χ4v) is 2.39. The van der Waals surface area contributed by atoms with Crippen molar-refractivity contribution in [1.82, 2.24) is 19.7 Å². The second-order valence-corrected chi connectivity index (χ2v) is 5.16. The van der Waals surface area contributed by atoms with Crippen LogP contribution in [0, 0.1) is 13.8 Å². The van der Waals surface area contributed by atoms with E-state index in [1.54, 1.807) is 6.20 Å². The van der Waals surface area contributed by atoms with Crippen LogP contribution in [0.5, 0.6) is 0 Å². The van der Waals surface area contributed by atoms with E-state index in [9.17, 15) is 0 Å². The van der Waals surface area contributed by atoms with E-state index < -0.39 is 0 Å². The summed E-state index contributed by atoms with van der Waals surface area (Å²) < 4.78 is 7.80. The first-order valence-corrected chi connectivity index (χ1v) is 6.74. The molecule has 1 unspecified atom stereocenters. The molecule has 0 bridgehead atoms. The number of aromatic amines is 1. The number of H-pyrrole nitrogens is 1. The highest BCUT2D eigenvalue weighted by Crippen LogP contribution is 2.24. The first kappa shape index (κ1) is 12.7. The van der Waals surface area contributed by atoms with E-state index in [1.165, 1.54) is 0 Å². The molecule has 104 valence electrons. The molecule has 0 radical (unpaired) electrons. The van der Waals surface area contributed by atoms with Gasteiger partial charge in [0.15, 0.2) is 11.6 Å². The molecule has 0 saturated carbocycles. The standard InChI is InChI=1S/C15H18N4O/c1-10-8-13(18-17-10)9-11(2)19-7-6-16-15(19)14-5-4-12(3)20-14/h4-8,11H,9H2,1-3H3,(H,17,18). The largest absolute Gasteiger partial charge is 0.458 e. The minimum Gasteiger partial charge on any atom is -0.458 e. The molecule has 1 atom stereocenters. The van der Waals surface area contributed by atoms with Gasteiger partial charge in [0.1, 0.15) is 5.76 Å². The highest BCUT2D eigenvalue weighted by atomic mass is 16.3. The number of hydrogen-bond acceptors (Lipinski definition) is 3. The lowest BCUT2D eigenvalue weighted by Gasteiger charge is -2.14. The molecule has 0 aliphatic carbocycles. The molecule has 0 aromatic carbocycles. The lowest BCUT2D eigenvalue weighted by molar-refractivity contribution is 0.510. The van der Waals surface area contributed by atoms with E-state index in [-0.39, 0.29) is 6.04 Å². The van der Waals surface area contributed by atoms with Crippen molar-refractivity contribution in [2.75, 3.05) is 0 Å². The molecule has 0 spiro atoms. The molecule has 0 saturated heterocycles. The molecule has 5 nitrogen and oxygen atoms in total. The molecule has 1 N–H and O–H groups in total. The number of aryl methyl sites for hydroxylation is 2. The van der Waals surface area contributed by atoms with Crippen molar-refractivity contribution in [3.8, 4) is 11.6 Å². The smallest absolute Gasteiger partial charge is 0.176 e. The lowest BCUT2D eigenvalue weighted by atomic mass is 10.1. The minimum absolute atomic E-state index is 0.264. The SMILES string of the molecule is Cc1cc(CC(C)n2ccnc2-c2ccc(C)o2)n[nH]1. The summed E-state index contributed by atoms with van der Waals surface area (Å²) in [5.74, 6) is 2.56. The van der Waals surface area contributed by atoms with E-state index in [0.717, 1.165) is 35.2 Å². The average Bonchev–Trinajstić information content (AvgIpc) is 3.09. The second kappa shape index (κ2) is 5.00. The van der Waals surface area contributed by atoms with Crippen molar-refractivity contribution >= 4 is 0 Å². The fraction of sp³-hybridized carbons (Fsp3) is 0.333. The Kier molecular flexibility index (Phi) is 3.18. The van der Waals surface area contributed by atoms with Gasteiger partial charge in [-0.2, -0.15) is 5.10 Å². The Balaban J connectivity index is 1.85. The average molecular weight is 270 g/mol. The number of imidazole rings is 1. The normalized spacial score (nSPS) is 12.8. The quantitative estimate of drug-likeness (QED) is 0.791. The summed E-state index contributed by atoms with van der Waals surface area (Å²) in [6.07, 6.45) is 4.64. The molecule has 3 heterocycles. The minimum atomic E-state index is 0.264. The van der Waals surface area contributed by atoms with Gasteiger partial charge in [-0.15, -0.1) is 0 Å². The Labute approximate surface area is 117 Å². The van der Waals surface area contributed by atoms with Crippen LogP contribution in [0.4, 0.5) is 0 Å². The highest BCUT2D eigenvalue weighted by Gasteiger charge is 2.15. The number of nitrogens with zero attached hydrogens (tertiary/aromatic N) is 3. The third-order valence-corrected chi connectivity index (χ3v) is 3.37. The Morgan fingerprint density at radius 2 is 2.20 bits per heavy atom. The van der Waals surface area contributed by atoms with Crippen LogP contribution < -0.4 is 0 Å². The van der Waals surface area contributed by atoms with Gasteiger partial charge in [0.2, 0.25) is 0 Å². The molecule has 3 rings (SSSR count). The molecule has 3 aromatic heterocycles. The van der Waals surface area contributed by atoms with E-state index in [4.69, 9.17) is 4.42 Å². The van der Waals surface area contributed by atoms with Crippen molar-refractivity contribution in [1.29, 1.82) is 0 Å². The third-order valence-electron chi connectivity index (χ3n) is 3.37. The van der Waals surface area contributed by atoms with Gasteiger partial charge in [0, 0.05) is 30.6 Å². The Morgan fingerprint density at radius 1 is 1.35 bits per heavy atom. The number of hydrogen-bond donors (Lipinski definition) is 1. The van der Waals surface area contributed by atoms with Crippen molar-refractivity contribution in [3.05, 3.63) is 47.7 Å². The predicted octanol–water partition coefficient (Wildman–Crippen LogP) is 3.29. The van der Waals surface area contributed by atoms with Crippen LogP contribution >= 0.6 is 0 Å². The summed E-state index contributed by atoms with van der Waals surface area (Å²) in [7, 11) is 0. The molecular weight excluding hydrogens is 252 g/mol. The van der Waals surface area contributed by atoms with Gasteiger partial charge in [-0.05, 0) is 39.0 Å². The first-order chi connectivity index (χ1) is 9.63. The molecule has 0 amide bonds. The maximum Gasteiger partial charge on any atom is 0.176 e. The van der Waals surface area contributed by atoms with Crippen molar-refractivity contribution in [3.63, 3.8) is 0 Å². The Hall–Kier alpha value is -2.30. The first-order valence-electron chi connectivity index (χ1n) is 6.74. The lowest BCUT2D eigenvalue weighted by Crippen LogP contribution is -2.09. The second-order valence-electron chi connectivity index (χ2n) is 5.16. The Bertz CT molecular complexity index is 707. The van der Waals surface area contributed by atoms with Crippen LogP contribution in [-0.4, -0.2) is 19.7 Å². The van der Waals surface area contributed by atoms with Gasteiger partial charge in [-0.3, -0.25) is 5.10 Å². The van der Waals surface area contributed by atoms with E-state index in [0.29, 0.717) is 0 Å². The van der Waals surface area contributed by atoms with Crippen LogP contribution in [0.3, 0.4) is 0 Å². The molecule has 0 aliphatic heterocycles. The van der Waals surface area contributed by atoms with Crippen molar-refractivity contribution in [2.45, 2.75) is 33.2 Å². The van der Waals surface area contributed by atoms with Crippen LogP contribution in [0.15, 0.2) is 35.0 Å². The summed E-state index contributed by atoms with van der Waals surface area (Å²) in [4.78, 5) is 4.41. The molecule has 3 aromatic rings. The summed E-state index contributed by atoms with van der Waals surface area (Å²) in [5, 5.41) is 7.27. The number of nitrogens with one attached hydrogen (secondary N) is 1. The molecule has 20 heavy (non-hydrogen) atoms. The summed E-state index contributed by atoms with van der Waals surface area (Å²) in [5.41, 5.74) is 2.14. The molecule has 0 aliphatic rings. The molecule has 0 fully saturated rings. The number of rotatable bonds is 4. The predicted molar refractivity (Wildman–Crippen MR) is 76.4 cm³/mol. The molecule has 5 heteroatoms. The third kappa shape index (κ3) is 2.39. The zero-order valence-electron chi connectivity index (χ0n) is 11.9. The maximum atomic E-state index is 5.67. The van der Waals surface area contributed by atoms with Crippen LogP contribution in [0.1, 0.15) is 30.1 Å². The van der Waals surface area contributed by atoms with Crippen molar-refractivity contribution in [2.24, 2.45) is 0 Å². The summed E-state index contributed by atoms with van der Waals surface area (Å²) >= 11 is 0. The number of aromatic nitrogens is 4. The van der Waals surface area contributed by atoms with Gasteiger partial charge in [0.05, 0.1) is 5.69 Å². The van der Waals surface area contributed by atoms with E-state index in [1.807, 2.05) is 32.2 Å². The zero-order valence-corrected chi connectivity index (χ0v) is 11.9. The van der Waals surface area contributed by atoms with E-state index in [2.05, 4.69) is 32.7 Å².